The largest absolute Gasteiger partial charge is 0.361 e. The van der Waals surface area contributed by atoms with Crippen LogP contribution in [0.1, 0.15) is 65.7 Å². The van der Waals surface area contributed by atoms with Crippen molar-refractivity contribution in [2.75, 3.05) is 13.1 Å². The monoisotopic (exact) mass is 296 g/mol. The van der Waals surface area contributed by atoms with Gasteiger partial charge in [0.05, 0.1) is 5.60 Å². The highest BCUT2D eigenvalue weighted by atomic mass is 16.5. The molecule has 2 aliphatic rings. The zero-order valence-electron chi connectivity index (χ0n) is 13.9. The molecule has 1 atom stereocenters. The minimum atomic E-state index is -0.303. The van der Waals surface area contributed by atoms with Crippen LogP contribution in [0.15, 0.2) is 0 Å². The topological polar surface area (TPSA) is 64.3 Å². The molecular formula is C17H32N2O2. The van der Waals surface area contributed by atoms with Crippen LogP contribution in [0.3, 0.4) is 0 Å². The average molecular weight is 296 g/mol. The molecule has 4 heteroatoms. The van der Waals surface area contributed by atoms with Gasteiger partial charge < -0.3 is 15.8 Å². The zero-order valence-corrected chi connectivity index (χ0v) is 13.9. The quantitative estimate of drug-likeness (QED) is 0.841. The molecule has 0 radical (unpaired) electrons. The van der Waals surface area contributed by atoms with Gasteiger partial charge in [-0.15, -0.1) is 0 Å². The van der Waals surface area contributed by atoms with Crippen molar-refractivity contribution in [3.63, 3.8) is 0 Å². The summed E-state index contributed by atoms with van der Waals surface area (Å²) in [6.45, 7) is 8.24. The first-order valence-corrected chi connectivity index (χ1v) is 8.52. The van der Waals surface area contributed by atoms with Gasteiger partial charge in [0.25, 0.3) is 0 Å². The molecule has 0 aromatic heterocycles. The second-order valence-electron chi connectivity index (χ2n) is 7.92. The molecule has 2 fully saturated rings. The molecule has 1 aliphatic carbocycles. The molecule has 1 aliphatic heterocycles. The molecule has 4 nitrogen and oxygen atoms in total. The van der Waals surface area contributed by atoms with E-state index in [1.54, 1.807) is 0 Å². The van der Waals surface area contributed by atoms with Gasteiger partial charge >= 0.3 is 0 Å². The van der Waals surface area contributed by atoms with Crippen LogP contribution in [0.25, 0.3) is 0 Å². The smallest absolute Gasteiger partial charge is 0.249 e. The fourth-order valence-electron chi connectivity index (χ4n) is 3.71. The minimum absolute atomic E-state index is 0.0540. The highest BCUT2D eigenvalue weighted by Gasteiger charge is 2.41. The Bertz CT molecular complexity index is 354. The van der Waals surface area contributed by atoms with Gasteiger partial charge in [-0.1, -0.05) is 20.8 Å². The second-order valence-corrected chi connectivity index (χ2v) is 7.92. The fourth-order valence-corrected chi connectivity index (χ4v) is 3.71. The molecule has 0 aromatic rings. The number of rotatable bonds is 3. The predicted octanol–water partition coefficient (Wildman–Crippen LogP) is 2.61. The summed E-state index contributed by atoms with van der Waals surface area (Å²) in [5.74, 6) is 0.780. The van der Waals surface area contributed by atoms with Gasteiger partial charge in [-0.05, 0) is 56.3 Å². The van der Waals surface area contributed by atoms with Gasteiger partial charge in [-0.2, -0.15) is 0 Å². The molecule has 1 saturated carbocycles. The predicted molar refractivity (Wildman–Crippen MR) is 84.9 cm³/mol. The Kier molecular flexibility index (Phi) is 5.31. The van der Waals surface area contributed by atoms with Crippen molar-refractivity contribution < 1.29 is 9.53 Å². The molecule has 122 valence electrons. The Hall–Kier alpha value is -0.610. The van der Waals surface area contributed by atoms with E-state index in [0.29, 0.717) is 12.0 Å². The normalized spacial score (nSPS) is 35.1. The Morgan fingerprint density at radius 1 is 1.24 bits per heavy atom. The molecule has 2 rings (SSSR count). The fraction of sp³-hybridized carbons (Fsp3) is 0.941. The molecule has 0 spiro atoms. The van der Waals surface area contributed by atoms with E-state index in [2.05, 4.69) is 26.1 Å². The maximum Gasteiger partial charge on any atom is 0.249 e. The van der Waals surface area contributed by atoms with Gasteiger partial charge in [0.15, 0.2) is 0 Å². The summed E-state index contributed by atoms with van der Waals surface area (Å²) in [5, 5.41) is 2.95. The maximum atomic E-state index is 12.1. The standard InChI is InChI=1S/C17H32N2O2/c1-16(2,3)13-7-9-17(12-18,10-8-13)21-14-6-4-5-11-19-15(14)20/h13-14H,4-12,18H2,1-3H3,(H,19,20). The number of amides is 1. The van der Waals surface area contributed by atoms with Crippen LogP contribution in [-0.2, 0) is 9.53 Å². The van der Waals surface area contributed by atoms with Crippen LogP contribution in [0.2, 0.25) is 0 Å². The highest BCUT2D eigenvalue weighted by Crippen LogP contribution is 2.43. The van der Waals surface area contributed by atoms with E-state index in [1.807, 2.05) is 0 Å². The van der Waals surface area contributed by atoms with Crippen LogP contribution >= 0.6 is 0 Å². The van der Waals surface area contributed by atoms with Crippen LogP contribution in [0.5, 0.6) is 0 Å². The number of nitrogens with one attached hydrogen (secondary N) is 1. The van der Waals surface area contributed by atoms with Crippen LogP contribution < -0.4 is 11.1 Å². The summed E-state index contributed by atoms with van der Waals surface area (Å²) in [5.41, 5.74) is 6.10. The van der Waals surface area contributed by atoms with Crippen LogP contribution in [-0.4, -0.2) is 30.7 Å². The first-order valence-electron chi connectivity index (χ1n) is 8.52. The van der Waals surface area contributed by atoms with Crippen LogP contribution in [0.4, 0.5) is 0 Å². The van der Waals surface area contributed by atoms with Crippen molar-refractivity contribution in [1.29, 1.82) is 0 Å². The Morgan fingerprint density at radius 2 is 1.90 bits per heavy atom. The van der Waals surface area contributed by atoms with Crippen molar-refractivity contribution in [3.8, 4) is 0 Å². The first kappa shape index (κ1) is 16.8. The number of carbonyl (C=O) groups excluding carboxylic acids is 1. The number of nitrogens with two attached hydrogens (primary N) is 1. The lowest BCUT2D eigenvalue weighted by Gasteiger charge is -2.44. The van der Waals surface area contributed by atoms with Crippen molar-refractivity contribution in [1.82, 2.24) is 5.32 Å². The molecular weight excluding hydrogens is 264 g/mol. The Morgan fingerprint density at radius 3 is 2.48 bits per heavy atom. The van der Waals surface area contributed by atoms with E-state index in [4.69, 9.17) is 10.5 Å². The summed E-state index contributed by atoms with van der Waals surface area (Å²) in [7, 11) is 0. The second kappa shape index (κ2) is 6.66. The summed E-state index contributed by atoms with van der Waals surface area (Å²) in [6.07, 6.45) is 6.88. The third-order valence-electron chi connectivity index (χ3n) is 5.37. The van der Waals surface area contributed by atoms with E-state index in [0.717, 1.165) is 57.4 Å². The molecule has 1 saturated heterocycles. The van der Waals surface area contributed by atoms with Gasteiger partial charge in [0.1, 0.15) is 6.10 Å². The molecule has 1 unspecified atom stereocenters. The minimum Gasteiger partial charge on any atom is -0.361 e. The lowest BCUT2D eigenvalue weighted by atomic mass is 9.68. The Balaban J connectivity index is 1.98. The van der Waals surface area contributed by atoms with E-state index in [1.165, 1.54) is 0 Å². The molecule has 0 bridgehead atoms. The molecule has 21 heavy (non-hydrogen) atoms. The van der Waals surface area contributed by atoms with Crippen molar-refractivity contribution in [2.45, 2.75) is 77.4 Å². The third kappa shape index (κ3) is 4.19. The summed E-state index contributed by atoms with van der Waals surface area (Å²) in [6, 6.07) is 0. The van der Waals surface area contributed by atoms with Crippen molar-refractivity contribution in [3.05, 3.63) is 0 Å². The number of ether oxygens (including phenoxy) is 1. The van der Waals surface area contributed by atoms with Gasteiger partial charge in [-0.25, -0.2) is 0 Å². The molecule has 1 heterocycles. The lowest BCUT2D eigenvalue weighted by Crippen LogP contribution is -2.50. The van der Waals surface area contributed by atoms with E-state index < -0.39 is 0 Å². The van der Waals surface area contributed by atoms with Gasteiger partial charge in [0.2, 0.25) is 5.91 Å². The van der Waals surface area contributed by atoms with E-state index in [9.17, 15) is 4.79 Å². The average Bonchev–Trinajstić information content (AvgIpc) is 2.64. The van der Waals surface area contributed by atoms with E-state index in [-0.39, 0.29) is 17.6 Å². The summed E-state index contributed by atoms with van der Waals surface area (Å²) >= 11 is 0. The molecule has 0 aromatic carbocycles. The van der Waals surface area contributed by atoms with Gasteiger partial charge in [0, 0.05) is 13.1 Å². The summed E-state index contributed by atoms with van der Waals surface area (Å²) in [4.78, 5) is 12.1. The maximum absolute atomic E-state index is 12.1. The zero-order chi connectivity index (χ0) is 15.5. The van der Waals surface area contributed by atoms with E-state index >= 15 is 0 Å². The third-order valence-corrected chi connectivity index (χ3v) is 5.37. The summed E-state index contributed by atoms with van der Waals surface area (Å²) < 4.78 is 6.29. The molecule has 1 amide bonds. The SMILES string of the molecule is CC(C)(C)C1CCC(CN)(OC2CCCCNC2=O)CC1. The number of carbonyl (C=O) groups is 1. The van der Waals surface area contributed by atoms with Crippen LogP contribution in [0, 0.1) is 11.3 Å². The number of hydrogen-bond acceptors (Lipinski definition) is 3. The van der Waals surface area contributed by atoms with Gasteiger partial charge in [-0.3, -0.25) is 4.79 Å². The number of hydrogen-bond donors (Lipinski definition) is 2. The molecule has 3 N–H and O–H groups in total. The van der Waals surface area contributed by atoms with Crippen molar-refractivity contribution in [2.24, 2.45) is 17.1 Å². The lowest BCUT2D eigenvalue weighted by molar-refractivity contribution is -0.154. The van der Waals surface area contributed by atoms with Crippen molar-refractivity contribution >= 4 is 5.91 Å². The highest BCUT2D eigenvalue weighted by molar-refractivity contribution is 5.81. The first-order chi connectivity index (χ1) is 9.86. The Labute approximate surface area is 129 Å².